The van der Waals surface area contributed by atoms with Gasteiger partial charge in [-0.3, -0.25) is 28.8 Å². The van der Waals surface area contributed by atoms with Crippen LogP contribution >= 0.6 is 0 Å². The number of benzene rings is 2. The third kappa shape index (κ3) is 11.4. The molecule has 0 unspecified atom stereocenters. The first-order chi connectivity index (χ1) is 27.2. The van der Waals surface area contributed by atoms with E-state index in [1.54, 1.807) is 59.1 Å². The smallest absolute Gasteiger partial charge is 0.308 e. The van der Waals surface area contributed by atoms with E-state index >= 15 is 0 Å². The van der Waals surface area contributed by atoms with Gasteiger partial charge in [0, 0.05) is 55.8 Å². The second-order valence-corrected chi connectivity index (χ2v) is 14.0. The number of H-pyrrole nitrogens is 1. The molecule has 0 fully saturated rings. The minimum absolute atomic E-state index is 0.0134. The molecule has 1 aromatic heterocycles. The Bertz CT molecular complexity index is 1990. The number of aromatic amines is 1. The molecule has 14 nitrogen and oxygen atoms in total. The van der Waals surface area contributed by atoms with Gasteiger partial charge in [0.1, 0.15) is 17.6 Å². The summed E-state index contributed by atoms with van der Waals surface area (Å²) in [4.78, 5) is 85.9. The highest BCUT2D eigenvalue weighted by Gasteiger charge is 2.40. The number of rotatable bonds is 19. The van der Waals surface area contributed by atoms with Gasteiger partial charge in [0.05, 0.1) is 36.5 Å². The zero-order chi connectivity index (χ0) is 41.8. The van der Waals surface area contributed by atoms with Crippen molar-refractivity contribution >= 4 is 52.8 Å². The molecule has 0 aliphatic carbocycles. The fraction of sp³-hybridized carbons (Fsp3) is 0.429. The summed E-state index contributed by atoms with van der Waals surface area (Å²) in [5.74, 6) is -3.90. The summed E-state index contributed by atoms with van der Waals surface area (Å²) in [6.45, 7) is 13.7. The molecule has 306 valence electrons. The lowest BCUT2D eigenvalue weighted by molar-refractivity contribution is -0.148. The van der Waals surface area contributed by atoms with Crippen molar-refractivity contribution in [2.75, 3.05) is 44.8 Å². The van der Waals surface area contributed by atoms with Crippen LogP contribution in [-0.2, 0) is 35.3 Å². The number of ether oxygens (including phenoxy) is 2. The first-order valence-corrected chi connectivity index (χ1v) is 19.1. The summed E-state index contributed by atoms with van der Waals surface area (Å²) < 4.78 is 25.2. The van der Waals surface area contributed by atoms with E-state index in [2.05, 4.69) is 25.8 Å². The number of imide groups is 1. The van der Waals surface area contributed by atoms with Crippen molar-refractivity contribution in [1.29, 1.82) is 0 Å². The molecular formula is C42H53FN6O8. The molecule has 1 aliphatic heterocycles. The maximum absolute atomic E-state index is 14.7. The number of likely N-dealkylation sites (N-methyl/N-ethyl adjacent to an activating group) is 1. The molecule has 3 aromatic rings. The van der Waals surface area contributed by atoms with E-state index in [4.69, 9.17) is 9.47 Å². The van der Waals surface area contributed by atoms with Gasteiger partial charge in [-0.1, -0.05) is 39.8 Å². The van der Waals surface area contributed by atoms with Gasteiger partial charge in [0.2, 0.25) is 11.8 Å². The highest BCUT2D eigenvalue weighted by atomic mass is 19.1. The topological polar surface area (TPSA) is 179 Å². The zero-order valence-electron chi connectivity index (χ0n) is 33.7. The van der Waals surface area contributed by atoms with Gasteiger partial charge in [-0.25, -0.2) is 9.29 Å². The maximum Gasteiger partial charge on any atom is 0.308 e. The highest BCUT2D eigenvalue weighted by molar-refractivity contribution is 6.42. The van der Waals surface area contributed by atoms with Gasteiger partial charge in [0.25, 0.3) is 17.7 Å². The molecule has 1 aliphatic rings. The van der Waals surface area contributed by atoms with E-state index in [1.165, 1.54) is 12.1 Å². The highest BCUT2D eigenvalue weighted by Crippen LogP contribution is 2.39. The number of nitrogens with one attached hydrogen (secondary N) is 4. The fourth-order valence-electron chi connectivity index (χ4n) is 6.36. The predicted octanol–water partition coefficient (Wildman–Crippen LogP) is 4.44. The lowest BCUT2D eigenvalue weighted by atomic mass is 10.0. The Morgan fingerprint density at radius 2 is 1.65 bits per heavy atom. The Kier molecular flexibility index (Phi) is 15.7. The first kappa shape index (κ1) is 43.9. The number of aryl methyl sites for hydroxylation is 1. The summed E-state index contributed by atoms with van der Waals surface area (Å²) >= 11 is 0. The van der Waals surface area contributed by atoms with Crippen molar-refractivity contribution in [1.82, 2.24) is 25.8 Å². The molecule has 4 N–H and O–H groups in total. The van der Waals surface area contributed by atoms with Crippen LogP contribution in [0.2, 0.25) is 0 Å². The lowest BCUT2D eigenvalue weighted by Gasteiger charge is -2.24. The number of carbonyl (C=O) groups is 6. The van der Waals surface area contributed by atoms with E-state index in [0.717, 1.165) is 35.7 Å². The van der Waals surface area contributed by atoms with E-state index in [1.807, 2.05) is 13.8 Å². The number of fused-ring (bicyclic) bond motifs is 1. The number of hydrogen-bond acceptors (Lipinski definition) is 9. The number of anilines is 1. The third-order valence-electron chi connectivity index (χ3n) is 9.73. The second kappa shape index (κ2) is 20.4. The molecule has 0 spiro atoms. The minimum atomic E-state index is -1.36. The molecular weight excluding hydrogens is 735 g/mol. The monoisotopic (exact) mass is 788 g/mol. The van der Waals surface area contributed by atoms with Crippen LogP contribution in [0.3, 0.4) is 0 Å². The average molecular weight is 789 g/mol. The van der Waals surface area contributed by atoms with Crippen LogP contribution in [-0.4, -0.2) is 91.3 Å². The van der Waals surface area contributed by atoms with E-state index in [9.17, 15) is 33.2 Å². The Morgan fingerprint density at radius 3 is 2.30 bits per heavy atom. The average Bonchev–Trinajstić information content (AvgIpc) is 3.63. The van der Waals surface area contributed by atoms with Gasteiger partial charge in [-0.2, -0.15) is 0 Å². The number of methoxy groups -OCH3 is 1. The van der Waals surface area contributed by atoms with Crippen molar-refractivity contribution in [3.8, 4) is 5.75 Å². The van der Waals surface area contributed by atoms with Gasteiger partial charge in [-0.15, -0.1) is 0 Å². The van der Waals surface area contributed by atoms with Crippen molar-refractivity contribution in [2.45, 2.75) is 73.4 Å². The molecule has 0 bridgehead atoms. The number of carbonyl (C=O) groups excluding carboxylic acids is 6. The molecule has 0 radical (unpaired) electrons. The fourth-order valence-corrected chi connectivity index (χ4v) is 6.36. The van der Waals surface area contributed by atoms with Crippen LogP contribution in [0.5, 0.6) is 5.75 Å². The lowest BCUT2D eigenvalue weighted by Crippen LogP contribution is -2.50. The Balaban J connectivity index is 1.54. The Labute approximate surface area is 332 Å². The van der Waals surface area contributed by atoms with Crippen LogP contribution in [0.15, 0.2) is 42.5 Å². The van der Waals surface area contributed by atoms with Gasteiger partial charge >= 0.3 is 5.97 Å². The number of hydrogen-bond donors (Lipinski definition) is 4. The molecule has 15 heteroatoms. The van der Waals surface area contributed by atoms with Crippen molar-refractivity contribution in [2.24, 2.45) is 5.92 Å². The second-order valence-electron chi connectivity index (χ2n) is 14.0. The standard InChI is InChI=1S/C42H53FN6O8/c1-8-48(9-2)20-19-44-39(52)38-26(5)34(46-27(38)6)23-32-31-22-29(43)12-15-35(31)49(40(32)53)41(54)33(18-21-57-42(55)25(3)4)47-37(51)17-16-36(50)45-24-28-10-13-30(56-7)14-11-28/h10-15,22-23,25,33,46H,8-9,16-21,24H2,1-7H3,(H,44,52)(H,45,50)(H,47,51)/b32-23-/t33-/m0/s1. The van der Waals surface area contributed by atoms with Crippen LogP contribution in [0, 0.1) is 25.6 Å². The molecule has 0 saturated carbocycles. The van der Waals surface area contributed by atoms with E-state index in [-0.39, 0.29) is 55.1 Å². The molecule has 1 atom stereocenters. The van der Waals surface area contributed by atoms with Crippen molar-refractivity contribution in [3.63, 3.8) is 0 Å². The van der Waals surface area contributed by atoms with E-state index in [0.29, 0.717) is 41.4 Å². The minimum Gasteiger partial charge on any atom is -0.497 e. The number of aromatic nitrogens is 1. The van der Waals surface area contributed by atoms with Crippen LogP contribution in [0.4, 0.5) is 10.1 Å². The quantitative estimate of drug-likeness (QED) is 0.101. The summed E-state index contributed by atoms with van der Waals surface area (Å²) in [5, 5.41) is 8.31. The number of halogens is 1. The predicted molar refractivity (Wildman–Crippen MR) is 214 cm³/mol. The van der Waals surface area contributed by atoms with Crippen molar-refractivity contribution in [3.05, 3.63) is 81.9 Å². The molecule has 0 saturated heterocycles. The van der Waals surface area contributed by atoms with Crippen molar-refractivity contribution < 1.29 is 42.6 Å². The Morgan fingerprint density at radius 1 is 0.965 bits per heavy atom. The molecule has 4 rings (SSSR count). The number of amides is 5. The summed E-state index contributed by atoms with van der Waals surface area (Å²) in [5.41, 5.74) is 2.98. The van der Waals surface area contributed by atoms with Crippen LogP contribution < -0.4 is 25.6 Å². The van der Waals surface area contributed by atoms with Crippen LogP contribution in [0.1, 0.15) is 85.4 Å². The normalized spacial score (nSPS) is 13.5. The summed E-state index contributed by atoms with van der Waals surface area (Å²) in [7, 11) is 1.55. The van der Waals surface area contributed by atoms with Gasteiger partial charge in [0.15, 0.2) is 0 Å². The maximum atomic E-state index is 14.7. The van der Waals surface area contributed by atoms with Crippen LogP contribution in [0.25, 0.3) is 11.6 Å². The molecule has 2 aromatic carbocycles. The molecule has 57 heavy (non-hydrogen) atoms. The number of esters is 1. The molecule has 2 heterocycles. The zero-order valence-corrected chi connectivity index (χ0v) is 33.7. The summed E-state index contributed by atoms with van der Waals surface area (Å²) in [6.07, 6.45) is 0.828. The Hall–Kier alpha value is -5.83. The number of nitrogens with zero attached hydrogens (tertiary/aromatic N) is 2. The first-order valence-electron chi connectivity index (χ1n) is 19.1. The SMILES string of the molecule is CCN(CC)CCNC(=O)c1c(C)[nH]c(/C=C2\C(=O)N(C(=O)[C@H](CCOC(=O)C(C)C)NC(=O)CCC(=O)NCc3ccc(OC)cc3)c3ccc(F)cc32)c1C. The molecule has 5 amide bonds. The third-order valence-corrected chi connectivity index (χ3v) is 9.73. The van der Waals surface area contributed by atoms with Gasteiger partial charge in [-0.05, 0) is 74.5 Å². The summed E-state index contributed by atoms with van der Waals surface area (Å²) in [6, 6.07) is 9.32. The van der Waals surface area contributed by atoms with Gasteiger partial charge < -0.3 is 35.3 Å². The van der Waals surface area contributed by atoms with E-state index < -0.39 is 47.4 Å². The largest absolute Gasteiger partial charge is 0.497 e.